The van der Waals surface area contributed by atoms with E-state index in [2.05, 4.69) is 21.3 Å². The average molecular weight is 600 g/mol. The molecule has 4 N–H and O–H groups in total. The molecule has 43 heavy (non-hydrogen) atoms. The molecule has 1 aromatic carbocycles. The van der Waals surface area contributed by atoms with Crippen molar-refractivity contribution in [2.75, 3.05) is 7.05 Å². The van der Waals surface area contributed by atoms with Crippen LogP contribution >= 0.6 is 0 Å². The quantitative estimate of drug-likeness (QED) is 0.346. The van der Waals surface area contributed by atoms with Crippen LogP contribution in [0.4, 0.5) is 0 Å². The Kier molecular flexibility index (Phi) is 13.7. The Balaban J connectivity index is 2.66. The second-order valence-corrected chi connectivity index (χ2v) is 13.5. The minimum atomic E-state index is -0.980. The molecule has 1 aromatic rings. The fourth-order valence-electron chi connectivity index (χ4n) is 5.33. The molecule has 0 spiro atoms. The number of carbonyl (C=O) groups is 5. The van der Waals surface area contributed by atoms with Gasteiger partial charge in [0.2, 0.25) is 29.5 Å². The van der Waals surface area contributed by atoms with Gasteiger partial charge >= 0.3 is 0 Å². The number of benzene rings is 1. The van der Waals surface area contributed by atoms with E-state index >= 15 is 0 Å². The molecule has 0 unspecified atom stereocenters. The summed E-state index contributed by atoms with van der Waals surface area (Å²) in [6.07, 6.45) is 1.25. The Bertz CT molecular complexity index is 1100. The zero-order valence-corrected chi connectivity index (χ0v) is 27.4. The van der Waals surface area contributed by atoms with Gasteiger partial charge in [-0.15, -0.1) is 0 Å². The van der Waals surface area contributed by atoms with Crippen LogP contribution in [0.2, 0.25) is 0 Å². The van der Waals surface area contributed by atoms with E-state index in [0.717, 1.165) is 5.56 Å². The fraction of sp³-hybridized carbons (Fsp3) is 0.667. The normalized spacial score (nSPS) is 24.9. The van der Waals surface area contributed by atoms with Crippen molar-refractivity contribution >= 4 is 29.5 Å². The molecule has 0 aromatic heterocycles. The molecule has 1 heterocycles. The summed E-state index contributed by atoms with van der Waals surface area (Å²) in [7, 11) is 1.56. The molecule has 240 valence electrons. The molecule has 2 rings (SSSR count). The number of likely N-dealkylation sites (N-methyl/N-ethyl adjacent to an activating group) is 1. The van der Waals surface area contributed by atoms with E-state index in [1.165, 1.54) is 4.90 Å². The molecule has 0 aliphatic carbocycles. The van der Waals surface area contributed by atoms with Gasteiger partial charge in [0, 0.05) is 13.5 Å². The molecule has 5 atom stereocenters. The van der Waals surface area contributed by atoms with Gasteiger partial charge in [-0.25, -0.2) is 0 Å². The summed E-state index contributed by atoms with van der Waals surface area (Å²) in [6, 6.07) is 4.73. The van der Waals surface area contributed by atoms with E-state index in [1.807, 2.05) is 85.7 Å². The van der Waals surface area contributed by atoms with Crippen LogP contribution in [0.25, 0.3) is 0 Å². The standard InChI is InChI=1S/C33H53N5O5/c1-19(2)15-24-30(40)36-26(18-23-13-11-10-12-14-23)33(43)38(9)27(17-21(5)6)31(41)37-28(22(7)8)32(42)35-25(16-20(3)4)29(39)34-24/h10-14,19-22,24-28H,15-18H2,1-9H3,(H,34,39)(H,35,42)(H,36,40)(H,37,41)/t24-,25-,26-,27-,28-/m0/s1. The number of nitrogens with one attached hydrogen (secondary N) is 4. The van der Waals surface area contributed by atoms with E-state index in [0.29, 0.717) is 19.3 Å². The van der Waals surface area contributed by atoms with Gasteiger partial charge in [-0.3, -0.25) is 24.0 Å². The molecule has 0 saturated carbocycles. The predicted octanol–water partition coefficient (Wildman–Crippen LogP) is 2.80. The number of carbonyl (C=O) groups excluding carboxylic acids is 5. The third-order valence-electron chi connectivity index (χ3n) is 7.64. The molecule has 10 heteroatoms. The van der Waals surface area contributed by atoms with E-state index in [1.54, 1.807) is 7.05 Å². The van der Waals surface area contributed by atoms with Crippen LogP contribution in [0.1, 0.15) is 80.2 Å². The summed E-state index contributed by atoms with van der Waals surface area (Å²) in [4.78, 5) is 70.2. The van der Waals surface area contributed by atoms with Gasteiger partial charge in [0.15, 0.2) is 0 Å². The minimum absolute atomic E-state index is 0.0600. The first-order valence-electron chi connectivity index (χ1n) is 15.6. The van der Waals surface area contributed by atoms with Crippen LogP contribution in [0, 0.1) is 23.7 Å². The van der Waals surface area contributed by atoms with Gasteiger partial charge in [0.25, 0.3) is 0 Å². The van der Waals surface area contributed by atoms with Crippen molar-refractivity contribution in [3.05, 3.63) is 35.9 Å². The Morgan fingerprint density at radius 2 is 1.07 bits per heavy atom. The lowest BCUT2D eigenvalue weighted by Gasteiger charge is -2.33. The van der Waals surface area contributed by atoms with Crippen LogP contribution < -0.4 is 21.3 Å². The predicted molar refractivity (Wildman–Crippen MR) is 168 cm³/mol. The number of rotatable bonds is 9. The van der Waals surface area contributed by atoms with Gasteiger partial charge in [-0.2, -0.15) is 0 Å². The Hall–Kier alpha value is -3.43. The van der Waals surface area contributed by atoms with E-state index in [-0.39, 0.29) is 30.1 Å². The monoisotopic (exact) mass is 599 g/mol. The average Bonchev–Trinajstić information content (AvgIpc) is 2.91. The molecule has 1 fully saturated rings. The number of hydrogen-bond donors (Lipinski definition) is 4. The molecule has 1 aliphatic rings. The summed E-state index contributed by atoms with van der Waals surface area (Å²) in [5, 5.41) is 11.5. The van der Waals surface area contributed by atoms with Crippen molar-refractivity contribution in [3.63, 3.8) is 0 Å². The third-order valence-corrected chi connectivity index (χ3v) is 7.64. The molecule has 0 bridgehead atoms. The molecule has 0 radical (unpaired) electrons. The Morgan fingerprint density at radius 3 is 1.53 bits per heavy atom. The van der Waals surface area contributed by atoms with Gasteiger partial charge in [0.05, 0.1) is 0 Å². The highest BCUT2D eigenvalue weighted by Gasteiger charge is 2.38. The van der Waals surface area contributed by atoms with E-state index in [9.17, 15) is 24.0 Å². The molecule has 1 aliphatic heterocycles. The lowest BCUT2D eigenvalue weighted by Crippen LogP contribution is -2.59. The van der Waals surface area contributed by atoms with Gasteiger partial charge in [0.1, 0.15) is 30.2 Å². The summed E-state index contributed by atoms with van der Waals surface area (Å²) in [6.45, 7) is 15.3. The maximum atomic E-state index is 14.1. The second kappa shape index (κ2) is 16.4. The lowest BCUT2D eigenvalue weighted by molar-refractivity contribution is -0.143. The smallest absolute Gasteiger partial charge is 0.245 e. The van der Waals surface area contributed by atoms with Crippen LogP contribution in [-0.2, 0) is 30.4 Å². The number of amides is 5. The van der Waals surface area contributed by atoms with Crippen LogP contribution in [-0.4, -0.2) is 71.7 Å². The highest BCUT2D eigenvalue weighted by Crippen LogP contribution is 2.17. The SMILES string of the molecule is CC(C)C[C@@H]1NC(=O)[C@H](CC(C)C)NC(=O)[C@H](C(C)C)NC(=O)[C@H](CC(C)C)N(C)C(=O)[C@H](Cc2ccccc2)NC1=O. The highest BCUT2D eigenvalue weighted by atomic mass is 16.2. The Morgan fingerprint density at radius 1 is 0.605 bits per heavy atom. The van der Waals surface area contributed by atoms with E-state index in [4.69, 9.17) is 0 Å². The van der Waals surface area contributed by atoms with Crippen molar-refractivity contribution in [2.45, 2.75) is 111 Å². The second-order valence-electron chi connectivity index (χ2n) is 13.5. The van der Waals surface area contributed by atoms with Crippen molar-refractivity contribution in [1.29, 1.82) is 0 Å². The van der Waals surface area contributed by atoms with Crippen molar-refractivity contribution in [3.8, 4) is 0 Å². The zero-order chi connectivity index (χ0) is 32.4. The maximum absolute atomic E-state index is 14.1. The molecular weight excluding hydrogens is 546 g/mol. The van der Waals surface area contributed by atoms with Crippen molar-refractivity contribution in [1.82, 2.24) is 26.2 Å². The van der Waals surface area contributed by atoms with Gasteiger partial charge in [-0.1, -0.05) is 85.7 Å². The first kappa shape index (κ1) is 35.8. The third kappa shape index (κ3) is 11.0. The number of hydrogen-bond acceptors (Lipinski definition) is 5. The Labute approximate surface area is 257 Å². The van der Waals surface area contributed by atoms with Crippen LogP contribution in [0.15, 0.2) is 30.3 Å². The fourth-order valence-corrected chi connectivity index (χ4v) is 5.33. The molecule has 5 amide bonds. The van der Waals surface area contributed by atoms with Gasteiger partial charge < -0.3 is 26.2 Å². The lowest BCUT2D eigenvalue weighted by atomic mass is 9.97. The molecular formula is C33H53N5O5. The largest absolute Gasteiger partial charge is 0.343 e. The van der Waals surface area contributed by atoms with E-state index < -0.39 is 59.7 Å². The summed E-state index contributed by atoms with van der Waals surface area (Å²) < 4.78 is 0. The first-order valence-corrected chi connectivity index (χ1v) is 15.6. The van der Waals surface area contributed by atoms with Crippen molar-refractivity contribution in [2.24, 2.45) is 23.7 Å². The highest BCUT2D eigenvalue weighted by molar-refractivity contribution is 5.98. The van der Waals surface area contributed by atoms with Crippen LogP contribution in [0.3, 0.4) is 0 Å². The van der Waals surface area contributed by atoms with Gasteiger partial charge in [-0.05, 0) is 48.5 Å². The zero-order valence-electron chi connectivity index (χ0n) is 27.4. The van der Waals surface area contributed by atoms with Crippen LogP contribution in [0.5, 0.6) is 0 Å². The maximum Gasteiger partial charge on any atom is 0.245 e. The molecule has 10 nitrogen and oxygen atoms in total. The summed E-state index contributed by atoms with van der Waals surface area (Å²) in [5.74, 6) is -2.43. The van der Waals surface area contributed by atoms with Crippen molar-refractivity contribution < 1.29 is 24.0 Å². The summed E-state index contributed by atoms with van der Waals surface area (Å²) >= 11 is 0. The number of nitrogens with zero attached hydrogens (tertiary/aromatic N) is 1. The molecule has 1 saturated heterocycles. The minimum Gasteiger partial charge on any atom is -0.343 e. The first-order chi connectivity index (χ1) is 20.1. The topological polar surface area (TPSA) is 137 Å². The summed E-state index contributed by atoms with van der Waals surface area (Å²) in [5.41, 5.74) is 0.841.